The van der Waals surface area contributed by atoms with Crippen LogP contribution in [0.2, 0.25) is 5.02 Å². The quantitative estimate of drug-likeness (QED) is 0.459. The van der Waals surface area contributed by atoms with Gasteiger partial charge in [-0.05, 0) is 45.1 Å². The van der Waals surface area contributed by atoms with Crippen molar-refractivity contribution in [1.82, 2.24) is 29.2 Å². The second kappa shape index (κ2) is 9.29. The molecule has 3 aromatic rings. The minimum atomic E-state index is 0.275. The van der Waals surface area contributed by atoms with Crippen LogP contribution in [0.1, 0.15) is 50.8 Å². The first-order chi connectivity index (χ1) is 13.5. The molecular formula is C20H29ClN6S. The van der Waals surface area contributed by atoms with Crippen LogP contribution in [0.3, 0.4) is 0 Å². The Kier molecular flexibility index (Phi) is 7.01. The number of hydrogen-bond donors (Lipinski definition) is 0. The van der Waals surface area contributed by atoms with Crippen molar-refractivity contribution in [3.8, 4) is 0 Å². The third-order valence-corrected chi connectivity index (χ3v) is 6.25. The fourth-order valence-electron chi connectivity index (χ4n) is 3.44. The van der Waals surface area contributed by atoms with Gasteiger partial charge in [0.25, 0.3) is 0 Å². The first-order valence-corrected chi connectivity index (χ1v) is 11.2. The number of nitrogens with zero attached hydrogens (tertiary/aromatic N) is 6. The molecule has 28 heavy (non-hydrogen) atoms. The highest BCUT2D eigenvalue weighted by molar-refractivity contribution is 7.98. The van der Waals surface area contributed by atoms with E-state index in [-0.39, 0.29) is 6.04 Å². The Morgan fingerprint density at radius 2 is 2.00 bits per heavy atom. The van der Waals surface area contributed by atoms with Gasteiger partial charge in [0.15, 0.2) is 11.0 Å². The van der Waals surface area contributed by atoms with Crippen molar-refractivity contribution >= 4 is 34.4 Å². The summed E-state index contributed by atoms with van der Waals surface area (Å²) in [6.07, 6.45) is 3.27. The molecule has 0 N–H and O–H groups in total. The molecule has 0 aliphatic heterocycles. The molecule has 0 aliphatic carbocycles. The van der Waals surface area contributed by atoms with Gasteiger partial charge in [0.2, 0.25) is 0 Å². The van der Waals surface area contributed by atoms with Crippen molar-refractivity contribution in [2.24, 2.45) is 7.05 Å². The Morgan fingerprint density at radius 1 is 1.21 bits per heavy atom. The summed E-state index contributed by atoms with van der Waals surface area (Å²) in [5.74, 6) is 2.81. The molecule has 0 bridgehead atoms. The number of aromatic nitrogens is 5. The summed E-state index contributed by atoms with van der Waals surface area (Å²) in [5.41, 5.74) is 2.02. The van der Waals surface area contributed by atoms with E-state index in [1.54, 1.807) is 11.8 Å². The number of fused-ring (bicyclic) bond motifs is 1. The molecule has 1 aromatic carbocycles. The number of imidazole rings is 1. The van der Waals surface area contributed by atoms with Crippen molar-refractivity contribution < 1.29 is 0 Å². The number of aryl methyl sites for hydroxylation is 1. The van der Waals surface area contributed by atoms with Crippen LogP contribution < -0.4 is 0 Å². The topological polar surface area (TPSA) is 51.8 Å². The molecule has 152 valence electrons. The molecule has 0 aliphatic rings. The number of rotatable bonds is 9. The van der Waals surface area contributed by atoms with Crippen LogP contribution in [0.25, 0.3) is 11.0 Å². The fourth-order valence-corrected chi connectivity index (χ4v) is 4.56. The summed E-state index contributed by atoms with van der Waals surface area (Å²) in [6.45, 7) is 5.36. The van der Waals surface area contributed by atoms with Crippen LogP contribution in [0.15, 0.2) is 23.4 Å². The Balaban J connectivity index is 1.86. The lowest BCUT2D eigenvalue weighted by atomic mass is 10.2. The highest BCUT2D eigenvalue weighted by atomic mass is 35.5. The Bertz CT molecular complexity index is 932. The van der Waals surface area contributed by atoms with E-state index < -0.39 is 0 Å². The summed E-state index contributed by atoms with van der Waals surface area (Å²) >= 11 is 7.81. The molecule has 0 amide bonds. The largest absolute Gasteiger partial charge is 0.330 e. The molecule has 0 radical (unpaired) electrons. The standard InChI is InChI=1S/C20H29ClN6S/c1-6-8-11-27-19(16(7-2)25(3)4)23-24-20(27)28-13-18-22-15-12-14(21)9-10-17(15)26(18)5/h9-10,12,16H,6-8,11,13H2,1-5H3. The number of halogens is 1. The Labute approximate surface area is 176 Å². The molecule has 3 rings (SSSR count). The summed E-state index contributed by atoms with van der Waals surface area (Å²) in [7, 11) is 6.25. The van der Waals surface area contributed by atoms with Gasteiger partial charge in [-0.3, -0.25) is 4.90 Å². The third kappa shape index (κ3) is 4.36. The van der Waals surface area contributed by atoms with E-state index in [1.807, 2.05) is 25.2 Å². The van der Waals surface area contributed by atoms with Crippen LogP contribution >= 0.6 is 23.4 Å². The van der Waals surface area contributed by atoms with Crippen LogP contribution in [0.4, 0.5) is 0 Å². The minimum absolute atomic E-state index is 0.275. The molecular weight excluding hydrogens is 392 g/mol. The van der Waals surface area contributed by atoms with E-state index in [1.165, 1.54) is 0 Å². The van der Waals surface area contributed by atoms with Crippen LogP contribution in [-0.2, 0) is 19.3 Å². The third-order valence-electron chi connectivity index (χ3n) is 5.05. The molecule has 2 aromatic heterocycles. The van der Waals surface area contributed by atoms with Gasteiger partial charge in [-0.15, -0.1) is 10.2 Å². The lowest BCUT2D eigenvalue weighted by Gasteiger charge is -2.23. The number of thioether (sulfide) groups is 1. The zero-order chi connectivity index (χ0) is 20.3. The highest BCUT2D eigenvalue weighted by Gasteiger charge is 2.22. The van der Waals surface area contributed by atoms with Gasteiger partial charge in [-0.25, -0.2) is 4.98 Å². The van der Waals surface area contributed by atoms with Gasteiger partial charge in [0, 0.05) is 18.6 Å². The van der Waals surface area contributed by atoms with Crippen molar-refractivity contribution in [3.05, 3.63) is 34.9 Å². The van der Waals surface area contributed by atoms with E-state index in [9.17, 15) is 0 Å². The number of hydrogen-bond acceptors (Lipinski definition) is 5. The second-order valence-electron chi connectivity index (χ2n) is 7.24. The van der Waals surface area contributed by atoms with E-state index >= 15 is 0 Å². The fraction of sp³-hybridized carbons (Fsp3) is 0.550. The van der Waals surface area contributed by atoms with E-state index in [0.717, 1.165) is 59.4 Å². The maximum atomic E-state index is 6.11. The lowest BCUT2D eigenvalue weighted by Crippen LogP contribution is -2.23. The summed E-state index contributed by atoms with van der Waals surface area (Å²) < 4.78 is 4.42. The van der Waals surface area contributed by atoms with Gasteiger partial charge < -0.3 is 9.13 Å². The first kappa shape index (κ1) is 21.1. The van der Waals surface area contributed by atoms with Gasteiger partial charge in [0.05, 0.1) is 22.8 Å². The molecule has 1 unspecified atom stereocenters. The number of benzene rings is 1. The predicted octanol–water partition coefficient (Wildman–Crippen LogP) is 4.92. The zero-order valence-corrected chi connectivity index (χ0v) is 18.9. The molecule has 6 nitrogen and oxygen atoms in total. The second-order valence-corrected chi connectivity index (χ2v) is 8.62. The molecule has 0 fully saturated rings. The normalized spacial score (nSPS) is 13.0. The summed E-state index contributed by atoms with van der Waals surface area (Å²) in [6, 6.07) is 6.11. The van der Waals surface area contributed by atoms with Gasteiger partial charge in [-0.1, -0.05) is 43.6 Å². The minimum Gasteiger partial charge on any atom is -0.330 e. The van der Waals surface area contributed by atoms with E-state index in [0.29, 0.717) is 5.02 Å². The molecule has 0 saturated carbocycles. The van der Waals surface area contributed by atoms with Crippen molar-refractivity contribution in [2.45, 2.75) is 56.6 Å². The zero-order valence-electron chi connectivity index (χ0n) is 17.3. The maximum absolute atomic E-state index is 6.11. The van der Waals surface area contributed by atoms with E-state index in [2.05, 4.69) is 52.2 Å². The predicted molar refractivity (Wildman–Crippen MR) is 117 cm³/mol. The molecule has 8 heteroatoms. The number of unbranched alkanes of at least 4 members (excludes halogenated alkanes) is 1. The van der Waals surface area contributed by atoms with E-state index in [4.69, 9.17) is 16.6 Å². The van der Waals surface area contributed by atoms with Crippen LogP contribution in [0, 0.1) is 0 Å². The van der Waals surface area contributed by atoms with Crippen molar-refractivity contribution in [1.29, 1.82) is 0 Å². The molecule has 1 atom stereocenters. The summed E-state index contributed by atoms with van der Waals surface area (Å²) in [5, 5.41) is 10.8. The Morgan fingerprint density at radius 3 is 2.68 bits per heavy atom. The summed E-state index contributed by atoms with van der Waals surface area (Å²) in [4.78, 5) is 6.98. The Hall–Kier alpha value is -1.57. The average Bonchev–Trinajstić information content (AvgIpc) is 3.19. The van der Waals surface area contributed by atoms with Gasteiger partial charge in [0.1, 0.15) is 5.82 Å². The molecule has 0 saturated heterocycles. The highest BCUT2D eigenvalue weighted by Crippen LogP contribution is 2.28. The smallest absolute Gasteiger partial charge is 0.191 e. The van der Waals surface area contributed by atoms with Crippen LogP contribution in [-0.4, -0.2) is 43.3 Å². The molecule has 0 spiro atoms. The SMILES string of the molecule is CCCCn1c(SCc2nc3cc(Cl)ccc3n2C)nnc1C(CC)N(C)C. The van der Waals surface area contributed by atoms with Gasteiger partial charge >= 0.3 is 0 Å². The van der Waals surface area contributed by atoms with Crippen molar-refractivity contribution in [2.75, 3.05) is 14.1 Å². The maximum Gasteiger partial charge on any atom is 0.191 e. The monoisotopic (exact) mass is 420 g/mol. The van der Waals surface area contributed by atoms with Gasteiger partial charge in [-0.2, -0.15) is 0 Å². The molecule has 2 heterocycles. The van der Waals surface area contributed by atoms with Crippen LogP contribution in [0.5, 0.6) is 0 Å². The first-order valence-electron chi connectivity index (χ1n) is 9.79. The van der Waals surface area contributed by atoms with Crippen molar-refractivity contribution in [3.63, 3.8) is 0 Å². The lowest BCUT2D eigenvalue weighted by molar-refractivity contribution is 0.270. The average molecular weight is 421 g/mol.